The summed E-state index contributed by atoms with van der Waals surface area (Å²) >= 11 is 0. The number of amides is 11. The Morgan fingerprint density at radius 1 is 0.436 bits per heavy atom. The van der Waals surface area contributed by atoms with Crippen molar-refractivity contribution in [3.63, 3.8) is 0 Å². The van der Waals surface area contributed by atoms with Crippen LogP contribution in [0.5, 0.6) is 0 Å². The minimum absolute atomic E-state index is 0.0352. The summed E-state index contributed by atoms with van der Waals surface area (Å²) in [5.41, 5.74) is 9.96. The lowest BCUT2D eigenvalue weighted by Crippen LogP contribution is -2.44. The van der Waals surface area contributed by atoms with Crippen LogP contribution >= 0.6 is 0 Å². The summed E-state index contributed by atoms with van der Waals surface area (Å²) < 4.78 is 61.8. The number of ether oxygens (including phenoxy) is 2. The van der Waals surface area contributed by atoms with Gasteiger partial charge in [-0.2, -0.15) is 17.0 Å². The van der Waals surface area contributed by atoms with Gasteiger partial charge in [-0.15, -0.1) is 0 Å². The third-order valence-electron chi connectivity index (χ3n) is 30.6. The molecule has 0 spiro atoms. The lowest BCUT2D eigenvalue weighted by atomic mass is 9.76. The number of carbonyl (C=O) groups is 9. The standard InChI is InChI=1S/C15H29NO2.C14H26N2O4S.C14H25NO2.C13H22N2O2.C13H25NO.C11H22N2O.C11H23NO2S.C11H21NO.C10H20/c1-11(2)10-12-6-8-13(9-7-12)16-14(17)18-15(3,4)5;1-11(2)10-12-4-6-13(7-5-12)15-8-9-16(14(17)20-3)21(15,18)19;1-10(2)9-13-5-7-14(8-6-13)15(11(3)16)12(4)17;1-8(2)7-9-3-5-10(6-4-9)11-12(16)15-13(17)14-11;1-10(2)9-11-5-7-12(8-6-11)13(15)14(3)4;1-8(2)7-9-3-5-10(6-4-9)13-11(12)14;1-9(2)8-10-4-6-11(7-5-10)12-15(3,13)14;1-8(2)7-9-3-5-10(6-4-9)11(12)13;1-9(2)8-10-6-4-3-5-7-10/h11-13H,6-10H2,1-5H3,(H,16,17);11-13H,4-10H2,1-3H3;10,13-14H,5-9H2,1-4H3;8-11H,3-7H2,1-2H3,(H2,14,15,16,17);10-12H,5-9H2,1-4H3;8-10H,3-7H2,1-2H3,(H3,12,13,14);9-12H,4-8H2,1-3H3;8-10H,3-7H2,1-2H3,(H2,12,13);9-10H,3-8H2,1-2H3. The Hall–Kier alpha value is -5.35. The number of primary amides is 2. The molecule has 11 fully saturated rings. The van der Waals surface area contributed by atoms with Gasteiger partial charge in [0.15, 0.2) is 0 Å². The first-order valence-corrected chi connectivity index (χ1v) is 59.5. The van der Waals surface area contributed by atoms with Gasteiger partial charge in [-0.25, -0.2) is 32.3 Å². The molecule has 140 heavy (non-hydrogen) atoms. The van der Waals surface area contributed by atoms with Crippen LogP contribution in [0.4, 0.5) is 19.2 Å². The molecular formula is C112H213N11O15S2. The van der Waals surface area contributed by atoms with Crippen LogP contribution in [0, 0.1) is 124 Å². The zero-order valence-corrected chi connectivity index (χ0v) is 95.5. The Bertz CT molecular complexity index is 3690. The summed E-state index contributed by atoms with van der Waals surface area (Å²) in [5.74, 6) is 15.4. The summed E-state index contributed by atoms with van der Waals surface area (Å²) in [6, 6.07) is 0.0215. The van der Waals surface area contributed by atoms with Crippen LogP contribution in [0.1, 0.15) is 455 Å². The van der Waals surface area contributed by atoms with Crippen LogP contribution in [0.2, 0.25) is 0 Å². The molecule has 2 heterocycles. The molecule has 9 saturated carbocycles. The first-order chi connectivity index (χ1) is 65.4. The van der Waals surface area contributed by atoms with Crippen molar-refractivity contribution >= 4 is 74.0 Å². The van der Waals surface area contributed by atoms with Crippen LogP contribution < -0.4 is 37.5 Å². The second-order valence-corrected chi connectivity index (χ2v) is 53.2. The van der Waals surface area contributed by atoms with Crippen molar-refractivity contribution in [3.05, 3.63) is 0 Å². The number of methoxy groups -OCH3 is 1. The van der Waals surface area contributed by atoms with Gasteiger partial charge in [0.25, 0.3) is 5.91 Å². The number of hydrogen-bond acceptors (Lipinski definition) is 15. The largest absolute Gasteiger partial charge is 0.452 e. The quantitative estimate of drug-likeness (QED) is 0.0376. The highest BCUT2D eigenvalue weighted by atomic mass is 32.2. The second kappa shape index (κ2) is 66.8. The zero-order valence-electron chi connectivity index (χ0n) is 93.9. The predicted molar refractivity (Wildman–Crippen MR) is 573 cm³/mol. The molecule has 0 aromatic carbocycles. The van der Waals surface area contributed by atoms with E-state index in [0.29, 0.717) is 48.2 Å². The van der Waals surface area contributed by atoms with Crippen LogP contribution in [0.3, 0.4) is 0 Å². The van der Waals surface area contributed by atoms with Gasteiger partial charge in [-0.05, 0) is 384 Å². The third-order valence-corrected chi connectivity index (χ3v) is 33.3. The maximum atomic E-state index is 12.4. The van der Waals surface area contributed by atoms with Crippen molar-refractivity contribution in [2.75, 3.05) is 40.6 Å². The molecule has 1 atom stereocenters. The van der Waals surface area contributed by atoms with Crippen molar-refractivity contribution in [2.24, 2.45) is 136 Å². The lowest BCUT2D eigenvalue weighted by Gasteiger charge is -2.35. The molecule has 11 amide bonds. The molecule has 1 unspecified atom stereocenters. The first-order valence-electron chi connectivity index (χ1n) is 56.2. The van der Waals surface area contributed by atoms with Gasteiger partial charge < -0.3 is 41.8 Å². The second-order valence-electron chi connectivity index (χ2n) is 49.6. The molecule has 28 heteroatoms. The van der Waals surface area contributed by atoms with Crippen molar-refractivity contribution in [1.29, 1.82) is 0 Å². The Morgan fingerprint density at radius 2 is 0.750 bits per heavy atom. The molecule has 0 aromatic rings. The van der Waals surface area contributed by atoms with Crippen molar-refractivity contribution < 1.29 is 69.5 Å². The molecule has 0 aromatic heterocycles. The van der Waals surface area contributed by atoms with Gasteiger partial charge in [0.1, 0.15) is 11.6 Å². The molecule has 2 saturated heterocycles. The number of nitrogens with zero attached hydrogens (tertiary/aromatic N) is 4. The monoisotopic (exact) mass is 2020 g/mol. The number of alkyl carbamates (subject to hydrolysis) is 1. The highest BCUT2D eigenvalue weighted by Gasteiger charge is 2.46. The summed E-state index contributed by atoms with van der Waals surface area (Å²) in [6.07, 6.45) is 55.1. The van der Waals surface area contributed by atoms with Crippen molar-refractivity contribution in [1.82, 2.24) is 44.4 Å². The number of imide groups is 2. The Balaban J connectivity index is 0.000000407. The minimum Gasteiger partial charge on any atom is -0.452 e. The van der Waals surface area contributed by atoms with E-state index >= 15 is 0 Å². The first kappa shape index (κ1) is 129. The van der Waals surface area contributed by atoms with E-state index in [4.69, 9.17) is 16.2 Å². The van der Waals surface area contributed by atoms with Crippen LogP contribution in [-0.2, 0) is 53.7 Å². The lowest BCUT2D eigenvalue weighted by molar-refractivity contribution is -0.146. The van der Waals surface area contributed by atoms with Crippen LogP contribution in [-0.4, -0.2) is 171 Å². The zero-order chi connectivity index (χ0) is 105. The van der Waals surface area contributed by atoms with Gasteiger partial charge in [0.05, 0.1) is 19.9 Å². The average Bonchev–Trinajstić information content (AvgIpc) is 1.63. The molecule has 11 rings (SSSR count). The van der Waals surface area contributed by atoms with E-state index < -0.39 is 31.9 Å². The number of hydrogen-bond donors (Lipinski definition) is 7. The molecule has 818 valence electrons. The van der Waals surface area contributed by atoms with Crippen molar-refractivity contribution in [2.45, 2.75) is 496 Å². The number of nitrogens with one attached hydrogen (secondary N) is 5. The minimum atomic E-state index is -3.69. The normalized spacial score (nSPS) is 27.7. The average molecular weight is 2020 g/mol. The molecule has 26 nitrogen and oxygen atoms in total. The van der Waals surface area contributed by atoms with E-state index in [1.807, 2.05) is 34.9 Å². The van der Waals surface area contributed by atoms with E-state index in [1.54, 1.807) is 4.90 Å². The van der Waals surface area contributed by atoms with Gasteiger partial charge in [-0.1, -0.05) is 170 Å². The van der Waals surface area contributed by atoms with E-state index in [0.717, 1.165) is 227 Å². The fourth-order valence-electron chi connectivity index (χ4n) is 24.5. The molecular weight excluding hydrogens is 1800 g/mol. The van der Waals surface area contributed by atoms with Gasteiger partial charge in [-0.3, -0.25) is 34.2 Å². The third kappa shape index (κ3) is 55.4. The number of sulfonamides is 1. The smallest absolute Gasteiger partial charge is 0.424 e. The molecule has 9 aliphatic carbocycles. The van der Waals surface area contributed by atoms with Crippen LogP contribution in [0.15, 0.2) is 0 Å². The fraction of sp³-hybridized carbons (Fsp3) is 0.920. The number of nitrogens with two attached hydrogens (primary N) is 2. The topological polar surface area (TPSA) is 366 Å². The van der Waals surface area contributed by atoms with Gasteiger partial charge >= 0.3 is 34.5 Å². The van der Waals surface area contributed by atoms with E-state index in [1.165, 1.54) is 203 Å². The summed E-state index contributed by atoms with van der Waals surface area (Å²) in [7, 11) is -1.77. The fourth-order valence-corrected chi connectivity index (χ4v) is 27.0. The predicted octanol–water partition coefficient (Wildman–Crippen LogP) is 24.6. The Morgan fingerprint density at radius 3 is 1.05 bits per heavy atom. The highest BCUT2D eigenvalue weighted by Crippen LogP contribution is 2.41. The van der Waals surface area contributed by atoms with E-state index in [-0.39, 0.29) is 78.4 Å². The summed E-state index contributed by atoms with van der Waals surface area (Å²) in [4.78, 5) is 105. The summed E-state index contributed by atoms with van der Waals surface area (Å²) in [6.45, 7) is 50.1. The van der Waals surface area contributed by atoms with Crippen LogP contribution in [0.25, 0.3) is 0 Å². The maximum Gasteiger partial charge on any atom is 0.424 e. The Kier molecular flexibility index (Phi) is 61.4. The Labute approximate surface area is 855 Å². The molecule has 9 N–H and O–H groups in total. The van der Waals surface area contributed by atoms with Gasteiger partial charge in [0.2, 0.25) is 33.7 Å². The molecule has 11 aliphatic rings. The van der Waals surface area contributed by atoms with E-state index in [2.05, 4.69) is 155 Å². The van der Waals surface area contributed by atoms with E-state index in [9.17, 15) is 60.0 Å². The number of carbonyl (C=O) groups excluding carboxylic acids is 9. The molecule has 2 aliphatic heterocycles. The summed E-state index contributed by atoms with van der Waals surface area (Å²) in [5, 5.41) is 10.8. The maximum absolute atomic E-state index is 12.4. The highest BCUT2D eigenvalue weighted by molar-refractivity contribution is 7.88. The molecule has 0 bridgehead atoms. The number of rotatable bonds is 27. The SMILES string of the molecule is CC(=O)N(C(C)=O)C1CCC(CC(C)C)CC1.CC(C)CC1CCC(C(=O)N(C)C)CC1.CC(C)CC1CCC(C(N)=O)CC1.CC(C)CC1CCC(C2NC(=O)NC2=O)CC1.CC(C)CC1CCC(NC(=O)OC(C)(C)C)CC1.CC(C)CC1CCC(NC(N)=O)CC1.CC(C)CC1CCC(NS(C)(=O)=O)CC1.CC(C)CC1CCCCC1.COC(=O)N1CCN(C2CCC(CC(C)C)CC2)S1(=O)=O. The number of urea groups is 2. The van der Waals surface area contributed by atoms with Gasteiger partial charge in [0, 0.05) is 76.5 Å². The van der Waals surface area contributed by atoms with Crippen molar-refractivity contribution in [3.8, 4) is 0 Å². The molecule has 0 radical (unpaired) electrons.